The van der Waals surface area contributed by atoms with E-state index in [1.165, 1.54) is 0 Å². The molecule has 0 aliphatic carbocycles. The van der Waals surface area contributed by atoms with E-state index in [4.69, 9.17) is 14.6 Å². The van der Waals surface area contributed by atoms with Gasteiger partial charge in [0.15, 0.2) is 11.9 Å². The van der Waals surface area contributed by atoms with Gasteiger partial charge in [-0.05, 0) is 27.7 Å². The summed E-state index contributed by atoms with van der Waals surface area (Å²) in [5.41, 5.74) is -0.755. The highest BCUT2D eigenvalue weighted by atomic mass is 16.8. The number of carboxylic acids is 1. The number of carboxylic acid groups (broad SMARTS) is 1. The summed E-state index contributed by atoms with van der Waals surface area (Å²) >= 11 is 0. The van der Waals surface area contributed by atoms with Gasteiger partial charge in [-0.3, -0.25) is 0 Å². The Kier molecular flexibility index (Phi) is 1.92. The Labute approximate surface area is 71.5 Å². The lowest BCUT2D eigenvalue weighted by Crippen LogP contribution is -2.39. The number of carbonyl (C=O) groups is 1. The molecule has 0 bridgehead atoms. The zero-order valence-corrected chi connectivity index (χ0v) is 7.75. The van der Waals surface area contributed by atoms with Gasteiger partial charge in [-0.15, -0.1) is 0 Å². The van der Waals surface area contributed by atoms with Gasteiger partial charge in [-0.25, -0.2) is 4.79 Å². The molecule has 4 heteroatoms. The smallest absolute Gasteiger partial charge is 0.335 e. The molecule has 0 saturated carbocycles. The van der Waals surface area contributed by atoms with E-state index >= 15 is 0 Å². The SMILES string of the molecule is CC1(C)OC(C(=O)O)C(C)(C)O1. The van der Waals surface area contributed by atoms with Crippen molar-refractivity contribution in [2.45, 2.75) is 45.2 Å². The van der Waals surface area contributed by atoms with Gasteiger partial charge in [0.1, 0.15) is 5.60 Å². The highest BCUT2D eigenvalue weighted by molar-refractivity contribution is 5.74. The maximum Gasteiger partial charge on any atom is 0.335 e. The van der Waals surface area contributed by atoms with E-state index in [-0.39, 0.29) is 0 Å². The van der Waals surface area contributed by atoms with E-state index in [1.54, 1.807) is 27.7 Å². The van der Waals surface area contributed by atoms with Gasteiger partial charge >= 0.3 is 5.97 Å². The van der Waals surface area contributed by atoms with Crippen molar-refractivity contribution in [1.29, 1.82) is 0 Å². The highest BCUT2D eigenvalue weighted by Crippen LogP contribution is 2.35. The average molecular weight is 174 g/mol. The van der Waals surface area contributed by atoms with Crippen LogP contribution in [-0.2, 0) is 14.3 Å². The van der Waals surface area contributed by atoms with Crippen LogP contribution in [0.15, 0.2) is 0 Å². The predicted octanol–water partition coefficient (Wildman–Crippen LogP) is 1.00. The number of ether oxygens (including phenoxy) is 2. The van der Waals surface area contributed by atoms with E-state index in [9.17, 15) is 4.79 Å². The van der Waals surface area contributed by atoms with Gasteiger partial charge < -0.3 is 14.6 Å². The third-order valence-electron chi connectivity index (χ3n) is 1.77. The minimum atomic E-state index is -0.981. The highest BCUT2D eigenvalue weighted by Gasteiger charge is 2.50. The Morgan fingerprint density at radius 3 is 2.00 bits per heavy atom. The van der Waals surface area contributed by atoms with Gasteiger partial charge in [0.05, 0.1) is 0 Å². The summed E-state index contributed by atoms with van der Waals surface area (Å²) in [6, 6.07) is 0. The lowest BCUT2D eigenvalue weighted by Gasteiger charge is -2.21. The fourth-order valence-corrected chi connectivity index (χ4v) is 1.48. The lowest BCUT2D eigenvalue weighted by molar-refractivity contribution is -0.168. The van der Waals surface area contributed by atoms with E-state index in [0.29, 0.717) is 0 Å². The van der Waals surface area contributed by atoms with Crippen molar-refractivity contribution in [1.82, 2.24) is 0 Å². The van der Waals surface area contributed by atoms with Crippen LogP contribution in [0.25, 0.3) is 0 Å². The number of rotatable bonds is 1. The van der Waals surface area contributed by atoms with Gasteiger partial charge in [-0.2, -0.15) is 0 Å². The Balaban J connectivity index is 2.85. The normalized spacial score (nSPS) is 31.8. The van der Waals surface area contributed by atoms with Crippen LogP contribution in [0.5, 0.6) is 0 Å². The van der Waals surface area contributed by atoms with Gasteiger partial charge in [0.2, 0.25) is 0 Å². The number of aliphatic carboxylic acids is 1. The van der Waals surface area contributed by atoms with Crippen molar-refractivity contribution < 1.29 is 19.4 Å². The molecule has 1 saturated heterocycles. The van der Waals surface area contributed by atoms with Crippen molar-refractivity contribution >= 4 is 5.97 Å². The predicted molar refractivity (Wildman–Crippen MR) is 41.8 cm³/mol. The topological polar surface area (TPSA) is 55.8 Å². The average Bonchev–Trinajstić information content (AvgIpc) is 1.99. The van der Waals surface area contributed by atoms with Crippen LogP contribution in [0.1, 0.15) is 27.7 Å². The first-order valence-electron chi connectivity index (χ1n) is 3.85. The molecule has 0 amide bonds. The van der Waals surface area contributed by atoms with Crippen LogP contribution in [0.4, 0.5) is 0 Å². The third-order valence-corrected chi connectivity index (χ3v) is 1.77. The fraction of sp³-hybridized carbons (Fsp3) is 0.875. The van der Waals surface area contributed by atoms with E-state index in [0.717, 1.165) is 0 Å². The molecular weight excluding hydrogens is 160 g/mol. The first kappa shape index (κ1) is 9.48. The molecule has 0 radical (unpaired) electrons. The maximum atomic E-state index is 10.7. The van der Waals surface area contributed by atoms with Gasteiger partial charge in [0.25, 0.3) is 0 Å². The summed E-state index contributed by atoms with van der Waals surface area (Å²) in [6.45, 7) is 6.83. The Morgan fingerprint density at radius 1 is 1.33 bits per heavy atom. The Morgan fingerprint density at radius 2 is 1.83 bits per heavy atom. The molecule has 1 unspecified atom stereocenters. The molecule has 1 rings (SSSR count). The third kappa shape index (κ3) is 1.59. The second-order valence-electron chi connectivity index (χ2n) is 3.94. The first-order valence-corrected chi connectivity index (χ1v) is 3.85. The summed E-state index contributed by atoms with van der Waals surface area (Å²) in [6.07, 6.45) is -0.882. The van der Waals surface area contributed by atoms with Crippen LogP contribution >= 0.6 is 0 Å². The molecule has 0 aromatic carbocycles. The minimum absolute atomic E-state index is 0.755. The fourth-order valence-electron chi connectivity index (χ4n) is 1.48. The van der Waals surface area contributed by atoms with Crippen molar-refractivity contribution in [2.24, 2.45) is 0 Å². The van der Waals surface area contributed by atoms with Crippen LogP contribution in [0.3, 0.4) is 0 Å². The molecule has 0 aromatic rings. The van der Waals surface area contributed by atoms with Crippen LogP contribution in [-0.4, -0.2) is 28.6 Å². The van der Waals surface area contributed by atoms with Gasteiger partial charge in [0, 0.05) is 0 Å². The maximum absolute atomic E-state index is 10.7. The second kappa shape index (κ2) is 2.44. The molecule has 1 fully saturated rings. The molecule has 1 heterocycles. The molecule has 0 aromatic heterocycles. The van der Waals surface area contributed by atoms with E-state index in [1.807, 2.05) is 0 Å². The molecule has 1 aliphatic heterocycles. The standard InChI is InChI=1S/C8H14O4/c1-7(2)5(6(9)10)11-8(3,4)12-7/h5H,1-4H3,(H,9,10). The molecule has 0 spiro atoms. The van der Waals surface area contributed by atoms with Crippen molar-refractivity contribution in [3.63, 3.8) is 0 Å². The van der Waals surface area contributed by atoms with Crippen molar-refractivity contribution in [2.75, 3.05) is 0 Å². The monoisotopic (exact) mass is 174 g/mol. The Hall–Kier alpha value is -0.610. The summed E-state index contributed by atoms with van der Waals surface area (Å²) < 4.78 is 10.6. The summed E-state index contributed by atoms with van der Waals surface area (Å²) in [5.74, 6) is -1.78. The molecule has 12 heavy (non-hydrogen) atoms. The molecule has 1 N–H and O–H groups in total. The van der Waals surface area contributed by atoms with Crippen molar-refractivity contribution in [3.8, 4) is 0 Å². The minimum Gasteiger partial charge on any atom is -0.479 e. The molecular formula is C8H14O4. The van der Waals surface area contributed by atoms with Crippen LogP contribution in [0, 0.1) is 0 Å². The second-order valence-corrected chi connectivity index (χ2v) is 3.94. The Bertz CT molecular complexity index is 207. The quantitative estimate of drug-likeness (QED) is 0.644. The van der Waals surface area contributed by atoms with E-state index in [2.05, 4.69) is 0 Å². The number of hydrogen-bond donors (Lipinski definition) is 1. The number of hydrogen-bond acceptors (Lipinski definition) is 3. The van der Waals surface area contributed by atoms with Gasteiger partial charge in [-0.1, -0.05) is 0 Å². The summed E-state index contributed by atoms with van der Waals surface area (Å²) in [7, 11) is 0. The van der Waals surface area contributed by atoms with Crippen LogP contribution in [0.2, 0.25) is 0 Å². The van der Waals surface area contributed by atoms with E-state index < -0.39 is 23.5 Å². The zero-order valence-electron chi connectivity index (χ0n) is 7.75. The molecule has 1 aliphatic rings. The molecule has 70 valence electrons. The first-order chi connectivity index (χ1) is 5.25. The summed E-state index contributed by atoms with van der Waals surface area (Å²) in [5, 5.41) is 8.78. The van der Waals surface area contributed by atoms with Crippen LogP contribution < -0.4 is 0 Å². The molecule has 4 nitrogen and oxygen atoms in total. The summed E-state index contributed by atoms with van der Waals surface area (Å²) in [4.78, 5) is 10.7. The lowest BCUT2D eigenvalue weighted by atomic mass is 10.0. The van der Waals surface area contributed by atoms with Crippen molar-refractivity contribution in [3.05, 3.63) is 0 Å². The molecule has 1 atom stereocenters. The largest absolute Gasteiger partial charge is 0.479 e. The zero-order chi connectivity index (χ0) is 9.57.